The number of alkyl carbamates (subject to hydrolysis) is 1. The number of amides is 1. The monoisotopic (exact) mass is 313 g/mol. The largest absolute Gasteiger partial charge is 0.480 e. The molecule has 0 fully saturated rings. The number of hydrogen-bond donors (Lipinski definition) is 2. The summed E-state index contributed by atoms with van der Waals surface area (Å²) in [5.41, 5.74) is -0.0385. The molecule has 116 valence electrons. The van der Waals surface area contributed by atoms with Gasteiger partial charge in [-0.05, 0) is 32.4 Å². The fourth-order valence-electron chi connectivity index (χ4n) is 1.86. The Morgan fingerprint density at radius 1 is 1.29 bits per heavy atom. The fourth-order valence-corrected chi connectivity index (χ4v) is 2.17. The zero-order chi connectivity index (χ0) is 16.2. The van der Waals surface area contributed by atoms with Gasteiger partial charge in [0, 0.05) is 10.9 Å². The Morgan fingerprint density at radius 3 is 2.33 bits per heavy atom. The first-order valence-electron chi connectivity index (χ1n) is 6.58. The Morgan fingerprint density at radius 2 is 1.86 bits per heavy atom. The van der Waals surface area contributed by atoms with Gasteiger partial charge in [0.15, 0.2) is 0 Å². The molecule has 0 aliphatic carbocycles. The molecule has 0 aliphatic rings. The molecule has 2 atom stereocenters. The third kappa shape index (κ3) is 5.27. The zero-order valence-electron chi connectivity index (χ0n) is 12.5. The zero-order valence-corrected chi connectivity index (χ0v) is 13.3. The average molecular weight is 314 g/mol. The number of halogens is 1. The Bertz CT molecular complexity index is 525. The van der Waals surface area contributed by atoms with Crippen molar-refractivity contribution < 1.29 is 19.4 Å². The van der Waals surface area contributed by atoms with E-state index < -0.39 is 29.6 Å². The summed E-state index contributed by atoms with van der Waals surface area (Å²) in [5.74, 6) is -1.64. The SMILES string of the molecule is C[C@@H](c1ccccc1Cl)[C@@H](NC(=O)OC(C)(C)C)C(=O)O. The minimum Gasteiger partial charge on any atom is -0.480 e. The minimum absolute atomic E-state index is 0.460. The van der Waals surface area contributed by atoms with Crippen LogP contribution in [0.1, 0.15) is 39.2 Å². The number of carboxylic acids is 1. The highest BCUT2D eigenvalue weighted by molar-refractivity contribution is 6.31. The molecule has 0 saturated heterocycles. The van der Waals surface area contributed by atoms with E-state index in [1.807, 2.05) is 0 Å². The maximum atomic E-state index is 11.8. The van der Waals surface area contributed by atoms with Crippen LogP contribution in [0.4, 0.5) is 4.79 Å². The Balaban J connectivity index is 2.90. The normalized spacial score (nSPS) is 14.1. The van der Waals surface area contributed by atoms with Gasteiger partial charge in [-0.25, -0.2) is 9.59 Å². The lowest BCUT2D eigenvalue weighted by Gasteiger charge is -2.25. The maximum Gasteiger partial charge on any atom is 0.408 e. The number of rotatable bonds is 4. The lowest BCUT2D eigenvalue weighted by atomic mass is 9.93. The maximum absolute atomic E-state index is 11.8. The summed E-state index contributed by atoms with van der Waals surface area (Å²) >= 11 is 6.07. The van der Waals surface area contributed by atoms with E-state index in [9.17, 15) is 14.7 Å². The number of aliphatic carboxylic acids is 1. The van der Waals surface area contributed by atoms with E-state index in [1.165, 1.54) is 0 Å². The standard InChI is InChI=1S/C15H20ClNO4/c1-9(10-7-5-6-8-11(10)16)12(13(18)19)17-14(20)21-15(2,3)4/h5-9,12H,1-4H3,(H,17,20)(H,18,19)/t9-,12+/m0/s1. The predicted octanol–water partition coefficient (Wildman–Crippen LogP) is 3.42. The Labute approximate surface area is 129 Å². The van der Waals surface area contributed by atoms with Gasteiger partial charge in [0.25, 0.3) is 0 Å². The Kier molecular flexibility index (Phi) is 5.61. The summed E-state index contributed by atoms with van der Waals surface area (Å²) in [6.45, 7) is 6.82. The van der Waals surface area contributed by atoms with Crippen LogP contribution in [0, 0.1) is 0 Å². The first-order valence-corrected chi connectivity index (χ1v) is 6.96. The van der Waals surface area contributed by atoms with Crippen molar-refractivity contribution in [2.45, 2.75) is 45.3 Å². The van der Waals surface area contributed by atoms with Crippen molar-refractivity contribution in [1.82, 2.24) is 5.32 Å². The summed E-state index contributed by atoms with van der Waals surface area (Å²) in [6.07, 6.45) is -0.770. The van der Waals surface area contributed by atoms with Crippen LogP contribution < -0.4 is 5.32 Å². The van der Waals surface area contributed by atoms with Crippen molar-refractivity contribution in [2.75, 3.05) is 0 Å². The summed E-state index contributed by atoms with van der Waals surface area (Å²) in [5, 5.41) is 12.2. The summed E-state index contributed by atoms with van der Waals surface area (Å²) < 4.78 is 5.09. The Hall–Kier alpha value is -1.75. The van der Waals surface area contributed by atoms with Gasteiger partial charge in [0.2, 0.25) is 0 Å². The molecule has 0 unspecified atom stereocenters. The number of benzene rings is 1. The van der Waals surface area contributed by atoms with Crippen LogP contribution in [0.3, 0.4) is 0 Å². The molecule has 21 heavy (non-hydrogen) atoms. The van der Waals surface area contributed by atoms with E-state index in [1.54, 1.807) is 52.0 Å². The number of carbonyl (C=O) groups is 2. The van der Waals surface area contributed by atoms with Gasteiger partial charge in [-0.3, -0.25) is 0 Å². The van der Waals surface area contributed by atoms with Gasteiger partial charge in [0.05, 0.1) is 0 Å². The van der Waals surface area contributed by atoms with Crippen molar-refractivity contribution >= 4 is 23.7 Å². The topological polar surface area (TPSA) is 75.6 Å². The molecule has 1 aromatic carbocycles. The van der Waals surface area contributed by atoms with Crippen LogP contribution in [-0.4, -0.2) is 28.8 Å². The van der Waals surface area contributed by atoms with Crippen LogP contribution >= 0.6 is 11.6 Å². The van der Waals surface area contributed by atoms with E-state index in [4.69, 9.17) is 16.3 Å². The molecule has 1 rings (SSSR count). The number of carbonyl (C=O) groups excluding carboxylic acids is 1. The third-order valence-electron chi connectivity index (χ3n) is 2.83. The summed E-state index contributed by atoms with van der Waals surface area (Å²) in [7, 11) is 0. The van der Waals surface area contributed by atoms with Gasteiger partial charge in [0.1, 0.15) is 11.6 Å². The highest BCUT2D eigenvalue weighted by atomic mass is 35.5. The third-order valence-corrected chi connectivity index (χ3v) is 3.18. The molecule has 1 aromatic rings. The molecule has 0 aliphatic heterocycles. The number of ether oxygens (including phenoxy) is 1. The number of nitrogens with one attached hydrogen (secondary N) is 1. The molecular weight excluding hydrogens is 294 g/mol. The van der Waals surface area contributed by atoms with Crippen molar-refractivity contribution in [3.63, 3.8) is 0 Å². The van der Waals surface area contributed by atoms with E-state index >= 15 is 0 Å². The van der Waals surface area contributed by atoms with Gasteiger partial charge >= 0.3 is 12.1 Å². The quantitative estimate of drug-likeness (QED) is 0.893. The second-order valence-electron chi connectivity index (χ2n) is 5.77. The molecule has 5 nitrogen and oxygen atoms in total. The van der Waals surface area contributed by atoms with Crippen LogP contribution in [0.2, 0.25) is 5.02 Å². The predicted molar refractivity (Wildman–Crippen MR) is 80.7 cm³/mol. The molecule has 1 amide bonds. The van der Waals surface area contributed by atoms with E-state index in [0.717, 1.165) is 0 Å². The lowest BCUT2D eigenvalue weighted by Crippen LogP contribution is -2.46. The summed E-state index contributed by atoms with van der Waals surface area (Å²) in [6, 6.07) is 5.82. The van der Waals surface area contributed by atoms with Crippen molar-refractivity contribution in [1.29, 1.82) is 0 Å². The smallest absolute Gasteiger partial charge is 0.408 e. The van der Waals surface area contributed by atoms with Crippen LogP contribution in [0.5, 0.6) is 0 Å². The first-order chi connectivity index (χ1) is 9.61. The fraction of sp³-hybridized carbons (Fsp3) is 0.467. The van der Waals surface area contributed by atoms with E-state index in [2.05, 4.69) is 5.32 Å². The highest BCUT2D eigenvalue weighted by Gasteiger charge is 2.30. The lowest BCUT2D eigenvalue weighted by molar-refractivity contribution is -0.140. The van der Waals surface area contributed by atoms with Crippen LogP contribution in [0.25, 0.3) is 0 Å². The molecule has 0 heterocycles. The van der Waals surface area contributed by atoms with Crippen molar-refractivity contribution in [3.8, 4) is 0 Å². The minimum atomic E-state index is -1.15. The number of hydrogen-bond acceptors (Lipinski definition) is 3. The average Bonchev–Trinajstić information content (AvgIpc) is 2.33. The second-order valence-corrected chi connectivity index (χ2v) is 6.18. The van der Waals surface area contributed by atoms with Crippen LogP contribution in [-0.2, 0) is 9.53 Å². The van der Waals surface area contributed by atoms with Gasteiger partial charge in [-0.2, -0.15) is 0 Å². The van der Waals surface area contributed by atoms with E-state index in [-0.39, 0.29) is 0 Å². The first kappa shape index (κ1) is 17.3. The molecular formula is C15H20ClNO4. The highest BCUT2D eigenvalue weighted by Crippen LogP contribution is 2.27. The van der Waals surface area contributed by atoms with Crippen molar-refractivity contribution in [3.05, 3.63) is 34.9 Å². The number of carboxylic acid groups (broad SMARTS) is 1. The van der Waals surface area contributed by atoms with Gasteiger partial charge in [-0.1, -0.05) is 36.7 Å². The van der Waals surface area contributed by atoms with E-state index in [0.29, 0.717) is 10.6 Å². The van der Waals surface area contributed by atoms with Gasteiger partial charge < -0.3 is 15.2 Å². The molecule has 0 spiro atoms. The molecule has 6 heteroatoms. The molecule has 0 saturated carbocycles. The van der Waals surface area contributed by atoms with Crippen LogP contribution in [0.15, 0.2) is 24.3 Å². The molecule has 0 radical (unpaired) electrons. The van der Waals surface area contributed by atoms with Crippen molar-refractivity contribution in [2.24, 2.45) is 0 Å². The second kappa shape index (κ2) is 6.80. The summed E-state index contributed by atoms with van der Waals surface area (Å²) in [4.78, 5) is 23.2. The molecule has 0 aromatic heterocycles. The van der Waals surface area contributed by atoms with Gasteiger partial charge in [-0.15, -0.1) is 0 Å². The molecule has 0 bridgehead atoms. The molecule has 2 N–H and O–H groups in total.